The maximum Gasteiger partial charge on any atom is 0.341 e. The Hall–Kier alpha value is -3.77. The van der Waals surface area contributed by atoms with Gasteiger partial charge in [0.2, 0.25) is 0 Å². The Morgan fingerprint density at radius 2 is 1.59 bits per heavy atom. The van der Waals surface area contributed by atoms with Gasteiger partial charge in [-0.3, -0.25) is 14.4 Å². The summed E-state index contributed by atoms with van der Waals surface area (Å²) in [6.07, 6.45) is -1.44. The van der Waals surface area contributed by atoms with Gasteiger partial charge in [-0.05, 0) is 63.8 Å². The summed E-state index contributed by atoms with van der Waals surface area (Å²) < 4.78 is 29.6. The Balaban J connectivity index is 1.88. The number of unbranched alkanes of at least 4 members (excludes halogenated alkanes) is 4. The number of ether oxygens (including phenoxy) is 5. The van der Waals surface area contributed by atoms with Gasteiger partial charge in [-0.15, -0.1) is 0 Å². The molecular formula is C37H50O12. The highest BCUT2D eigenvalue weighted by molar-refractivity contribution is 5.90. The van der Waals surface area contributed by atoms with Crippen molar-refractivity contribution in [2.24, 2.45) is 5.92 Å². The van der Waals surface area contributed by atoms with Crippen LogP contribution in [0.3, 0.4) is 0 Å². The van der Waals surface area contributed by atoms with Crippen molar-refractivity contribution in [3.63, 3.8) is 0 Å². The Labute approximate surface area is 287 Å². The first-order chi connectivity index (χ1) is 23.0. The molecule has 0 spiro atoms. The van der Waals surface area contributed by atoms with Crippen LogP contribution in [0.4, 0.5) is 0 Å². The minimum Gasteiger partial charge on any atom is -0.459 e. The molecule has 12 nitrogen and oxygen atoms in total. The molecule has 0 aromatic heterocycles. The van der Waals surface area contributed by atoms with Crippen molar-refractivity contribution in [2.75, 3.05) is 0 Å². The zero-order chi connectivity index (χ0) is 36.3. The number of carbonyl (C=O) groups excluding carboxylic acids is 5. The molecule has 1 aromatic rings. The van der Waals surface area contributed by atoms with E-state index in [9.17, 15) is 34.2 Å². The fourth-order valence-electron chi connectivity index (χ4n) is 7.53. The van der Waals surface area contributed by atoms with Gasteiger partial charge in [0.15, 0.2) is 29.5 Å². The van der Waals surface area contributed by atoms with Gasteiger partial charge < -0.3 is 33.9 Å². The molecule has 2 fully saturated rings. The summed E-state index contributed by atoms with van der Waals surface area (Å²) in [6, 6.07) is 6.74. The molecule has 1 heterocycles. The van der Waals surface area contributed by atoms with Crippen molar-refractivity contribution >= 4 is 29.8 Å². The summed E-state index contributed by atoms with van der Waals surface area (Å²) in [4.78, 5) is 66.0. The van der Waals surface area contributed by atoms with E-state index in [1.807, 2.05) is 13.0 Å². The van der Waals surface area contributed by atoms with E-state index in [2.05, 4.69) is 6.92 Å². The molecule has 12 heteroatoms. The summed E-state index contributed by atoms with van der Waals surface area (Å²) in [5, 5.41) is 24.0. The normalized spacial score (nSPS) is 32.0. The van der Waals surface area contributed by atoms with Gasteiger partial charge in [0.25, 0.3) is 0 Å². The Kier molecular flexibility index (Phi) is 11.6. The van der Waals surface area contributed by atoms with E-state index in [-0.39, 0.29) is 29.6 Å². The largest absolute Gasteiger partial charge is 0.459 e. The molecule has 0 radical (unpaired) electrons. The van der Waals surface area contributed by atoms with E-state index in [1.54, 1.807) is 32.0 Å². The van der Waals surface area contributed by atoms with E-state index in [1.165, 1.54) is 13.8 Å². The minimum atomic E-state index is -2.59. The van der Waals surface area contributed by atoms with Crippen LogP contribution in [0, 0.1) is 12.8 Å². The van der Waals surface area contributed by atoms with Crippen LogP contribution >= 0.6 is 0 Å². The molecule has 3 aliphatic rings. The third kappa shape index (κ3) is 7.40. The Bertz CT molecular complexity index is 1480. The molecule has 2 aliphatic carbocycles. The predicted octanol–water partition coefficient (Wildman–Crippen LogP) is 4.58. The molecule has 0 bridgehead atoms. The molecule has 0 unspecified atom stereocenters. The third-order valence-electron chi connectivity index (χ3n) is 10.0. The van der Waals surface area contributed by atoms with E-state index >= 15 is 0 Å². The summed E-state index contributed by atoms with van der Waals surface area (Å²) in [7, 11) is 0. The van der Waals surface area contributed by atoms with Crippen molar-refractivity contribution in [3.8, 4) is 0 Å². The number of fused-ring (bicyclic) bond motifs is 3. The summed E-state index contributed by atoms with van der Waals surface area (Å²) >= 11 is 0. The SMILES string of the molecule is CCCCCCCC(=O)O[C@H]1[C@H]2C(=C(C)[C@@H]1OC(=O)c1cccc(C)c1)[C@@H]1OC(=O)[C@@](C)(O)[C@@]1(O)[C@@H](OC(=O)CCC)C[C@]2(C)OC(C)=O. The highest BCUT2D eigenvalue weighted by Crippen LogP contribution is 2.57. The highest BCUT2D eigenvalue weighted by Gasteiger charge is 2.76. The van der Waals surface area contributed by atoms with Crippen LogP contribution in [-0.4, -0.2) is 81.3 Å². The maximum absolute atomic E-state index is 13.6. The zero-order valence-corrected chi connectivity index (χ0v) is 29.5. The van der Waals surface area contributed by atoms with Crippen molar-refractivity contribution in [1.29, 1.82) is 0 Å². The number of carbonyl (C=O) groups is 5. The molecule has 8 atom stereocenters. The molecule has 1 aromatic carbocycles. The zero-order valence-electron chi connectivity index (χ0n) is 29.5. The van der Waals surface area contributed by atoms with E-state index in [0.29, 0.717) is 12.8 Å². The van der Waals surface area contributed by atoms with Crippen molar-refractivity contribution in [2.45, 2.75) is 147 Å². The third-order valence-corrected chi connectivity index (χ3v) is 10.0. The molecule has 1 saturated carbocycles. The lowest BCUT2D eigenvalue weighted by atomic mass is 9.75. The Morgan fingerprint density at radius 3 is 2.22 bits per heavy atom. The molecule has 1 aliphatic heterocycles. The quantitative estimate of drug-likeness (QED) is 0.128. The second-order valence-electron chi connectivity index (χ2n) is 14.0. The number of aliphatic hydroxyl groups is 2. The molecule has 0 amide bonds. The average molecular weight is 687 g/mol. The van der Waals surface area contributed by atoms with Crippen LogP contribution in [0.5, 0.6) is 0 Å². The van der Waals surface area contributed by atoms with Gasteiger partial charge in [-0.25, -0.2) is 9.59 Å². The highest BCUT2D eigenvalue weighted by atomic mass is 16.6. The lowest BCUT2D eigenvalue weighted by molar-refractivity contribution is -0.211. The van der Waals surface area contributed by atoms with Gasteiger partial charge in [0.1, 0.15) is 11.7 Å². The van der Waals surface area contributed by atoms with Crippen molar-refractivity contribution < 1.29 is 57.9 Å². The minimum absolute atomic E-state index is 0.0287. The Morgan fingerprint density at radius 1 is 0.918 bits per heavy atom. The van der Waals surface area contributed by atoms with Crippen molar-refractivity contribution in [3.05, 3.63) is 46.5 Å². The molecule has 270 valence electrons. The predicted molar refractivity (Wildman–Crippen MR) is 175 cm³/mol. The van der Waals surface area contributed by atoms with Gasteiger partial charge in [0.05, 0.1) is 11.5 Å². The lowest BCUT2D eigenvalue weighted by Gasteiger charge is -2.41. The summed E-state index contributed by atoms with van der Waals surface area (Å²) in [5.74, 6) is -5.09. The molecule has 49 heavy (non-hydrogen) atoms. The molecule has 4 rings (SSSR count). The second kappa shape index (κ2) is 15.0. The number of hydrogen-bond donors (Lipinski definition) is 2. The van der Waals surface area contributed by atoms with Crippen molar-refractivity contribution in [1.82, 2.24) is 0 Å². The lowest BCUT2D eigenvalue weighted by Crippen LogP contribution is -2.64. The number of rotatable bonds is 13. The summed E-state index contributed by atoms with van der Waals surface area (Å²) in [5.41, 5.74) is -5.42. The smallest absolute Gasteiger partial charge is 0.341 e. The second-order valence-corrected chi connectivity index (χ2v) is 14.0. The number of hydrogen-bond acceptors (Lipinski definition) is 12. The average Bonchev–Trinajstić information content (AvgIpc) is 3.35. The van der Waals surface area contributed by atoms with Gasteiger partial charge in [0, 0.05) is 26.2 Å². The van der Waals surface area contributed by atoms with E-state index in [4.69, 9.17) is 23.7 Å². The van der Waals surface area contributed by atoms with E-state index in [0.717, 1.165) is 38.2 Å². The number of aryl methyl sites for hydroxylation is 1. The van der Waals surface area contributed by atoms with Gasteiger partial charge in [-0.1, -0.05) is 57.2 Å². The fourth-order valence-corrected chi connectivity index (χ4v) is 7.53. The van der Waals surface area contributed by atoms with Gasteiger partial charge >= 0.3 is 29.8 Å². The first kappa shape index (κ1) is 38.0. The standard InChI is InChI=1S/C37H50O12/c1-8-10-11-12-13-18-27(40)46-31-29-28(22(4)30(31)47-33(41)24-17-14-16-21(3)19-24)32-37(44,36(7,43)34(42)48-32)25(45-26(39)15-9-2)20-35(29,6)49-23(5)38/h14,16-17,19,25,29-32,43-44H,8-13,15,18,20H2,1-7H3/t25-,29+,30-,31-,32-,35-,36+,37+/m0/s1. The number of esters is 5. The topological polar surface area (TPSA) is 172 Å². The van der Waals surface area contributed by atoms with Crippen LogP contribution in [-0.2, 0) is 42.9 Å². The molecular weight excluding hydrogens is 636 g/mol. The van der Waals surface area contributed by atoms with E-state index < -0.39 is 83.4 Å². The molecule has 1 saturated heterocycles. The van der Waals surface area contributed by atoms with Gasteiger partial charge in [-0.2, -0.15) is 0 Å². The van der Waals surface area contributed by atoms with Crippen LogP contribution in [0.25, 0.3) is 0 Å². The first-order valence-corrected chi connectivity index (χ1v) is 17.2. The van der Waals surface area contributed by atoms with Crippen LogP contribution in [0.1, 0.15) is 115 Å². The monoisotopic (exact) mass is 686 g/mol. The first-order valence-electron chi connectivity index (χ1n) is 17.2. The summed E-state index contributed by atoms with van der Waals surface area (Å²) in [6.45, 7) is 11.0. The fraction of sp³-hybridized carbons (Fsp3) is 0.649. The van der Waals surface area contributed by atoms with Crippen LogP contribution < -0.4 is 0 Å². The van der Waals surface area contributed by atoms with Crippen LogP contribution in [0.2, 0.25) is 0 Å². The maximum atomic E-state index is 13.6. The van der Waals surface area contributed by atoms with Crippen LogP contribution in [0.15, 0.2) is 35.4 Å². The molecule has 2 N–H and O–H groups in total. The number of benzene rings is 1.